The minimum Gasteiger partial charge on any atom is -0.481 e. The van der Waals surface area contributed by atoms with E-state index in [0.717, 1.165) is 6.42 Å². The standard InChI is InChI=1S/C13H16Cl2N2O2/c1-8(13(18)17-5-4-9(16)7-17)19-10-2-3-11(14)12(15)6-10/h2-3,6,8-9H,4-5,7,16H2,1H3/t8?,9-/m1/s1. The topological polar surface area (TPSA) is 55.6 Å². The molecule has 6 heteroatoms. The highest BCUT2D eigenvalue weighted by molar-refractivity contribution is 6.42. The van der Waals surface area contributed by atoms with E-state index in [-0.39, 0.29) is 11.9 Å². The Morgan fingerprint density at radius 3 is 2.79 bits per heavy atom. The quantitative estimate of drug-likeness (QED) is 0.932. The van der Waals surface area contributed by atoms with Crippen LogP contribution in [0.5, 0.6) is 5.75 Å². The first-order chi connectivity index (χ1) is 8.97. The Kier molecular flexibility index (Phi) is 4.55. The lowest BCUT2D eigenvalue weighted by Gasteiger charge is -2.21. The molecule has 1 aromatic rings. The molecule has 1 heterocycles. The monoisotopic (exact) mass is 302 g/mol. The van der Waals surface area contributed by atoms with E-state index in [1.54, 1.807) is 30.0 Å². The average Bonchev–Trinajstić information content (AvgIpc) is 2.79. The summed E-state index contributed by atoms with van der Waals surface area (Å²) >= 11 is 11.7. The van der Waals surface area contributed by atoms with Crippen LogP contribution in [-0.4, -0.2) is 36.0 Å². The molecule has 1 amide bonds. The number of hydrogen-bond acceptors (Lipinski definition) is 3. The van der Waals surface area contributed by atoms with Gasteiger partial charge in [-0.1, -0.05) is 23.2 Å². The highest BCUT2D eigenvalue weighted by atomic mass is 35.5. The molecule has 0 bridgehead atoms. The van der Waals surface area contributed by atoms with Crippen LogP contribution in [0.4, 0.5) is 0 Å². The number of benzene rings is 1. The molecule has 0 saturated carbocycles. The summed E-state index contributed by atoms with van der Waals surface area (Å²) in [5.41, 5.74) is 5.79. The molecule has 0 radical (unpaired) electrons. The van der Waals surface area contributed by atoms with E-state index in [1.807, 2.05) is 0 Å². The van der Waals surface area contributed by atoms with Gasteiger partial charge in [0.25, 0.3) is 5.91 Å². The number of nitrogens with two attached hydrogens (primary N) is 1. The maximum atomic E-state index is 12.1. The summed E-state index contributed by atoms with van der Waals surface area (Å²) in [5.74, 6) is 0.470. The molecule has 0 aliphatic carbocycles. The second-order valence-electron chi connectivity index (χ2n) is 4.67. The second kappa shape index (κ2) is 5.99. The lowest BCUT2D eigenvalue weighted by atomic mass is 10.3. The van der Waals surface area contributed by atoms with Gasteiger partial charge in [-0.15, -0.1) is 0 Å². The summed E-state index contributed by atoms with van der Waals surface area (Å²) in [6, 6.07) is 5.00. The second-order valence-corrected chi connectivity index (χ2v) is 5.48. The summed E-state index contributed by atoms with van der Waals surface area (Å²) in [6.45, 7) is 3.00. The van der Waals surface area contributed by atoms with Crippen LogP contribution in [0.25, 0.3) is 0 Å². The number of ether oxygens (including phenoxy) is 1. The van der Waals surface area contributed by atoms with E-state index in [2.05, 4.69) is 0 Å². The minimum absolute atomic E-state index is 0.0565. The molecule has 1 aromatic carbocycles. The van der Waals surface area contributed by atoms with E-state index in [9.17, 15) is 4.79 Å². The fraction of sp³-hybridized carbons (Fsp3) is 0.462. The molecule has 4 nitrogen and oxygen atoms in total. The first-order valence-corrected chi connectivity index (χ1v) is 6.89. The van der Waals surface area contributed by atoms with Crippen molar-refractivity contribution in [2.45, 2.75) is 25.5 Å². The van der Waals surface area contributed by atoms with Crippen molar-refractivity contribution in [2.75, 3.05) is 13.1 Å². The van der Waals surface area contributed by atoms with Gasteiger partial charge in [0.05, 0.1) is 10.0 Å². The van der Waals surface area contributed by atoms with Crippen molar-refractivity contribution in [3.63, 3.8) is 0 Å². The molecule has 2 N–H and O–H groups in total. The Bertz CT molecular complexity index is 482. The number of carbonyl (C=O) groups excluding carboxylic acids is 1. The zero-order chi connectivity index (χ0) is 14.0. The number of amides is 1. The Morgan fingerprint density at radius 2 is 2.21 bits per heavy atom. The van der Waals surface area contributed by atoms with Crippen molar-refractivity contribution in [3.8, 4) is 5.75 Å². The summed E-state index contributed by atoms with van der Waals surface area (Å²) in [5, 5.41) is 0.862. The van der Waals surface area contributed by atoms with Gasteiger partial charge in [-0.2, -0.15) is 0 Å². The fourth-order valence-corrected chi connectivity index (χ4v) is 2.34. The van der Waals surface area contributed by atoms with E-state index in [4.69, 9.17) is 33.7 Å². The van der Waals surface area contributed by atoms with Crippen molar-refractivity contribution in [3.05, 3.63) is 28.2 Å². The first-order valence-electron chi connectivity index (χ1n) is 6.13. The molecule has 1 unspecified atom stereocenters. The summed E-state index contributed by atoms with van der Waals surface area (Å²) in [6.07, 6.45) is 0.271. The van der Waals surface area contributed by atoms with E-state index >= 15 is 0 Å². The first kappa shape index (κ1) is 14.4. The van der Waals surface area contributed by atoms with Crippen LogP contribution >= 0.6 is 23.2 Å². The molecule has 104 valence electrons. The number of nitrogens with zero attached hydrogens (tertiary/aromatic N) is 1. The molecule has 1 aliphatic rings. The van der Waals surface area contributed by atoms with Crippen LogP contribution in [0.3, 0.4) is 0 Å². The molecule has 2 rings (SSSR count). The lowest BCUT2D eigenvalue weighted by molar-refractivity contribution is -0.136. The van der Waals surface area contributed by atoms with Gasteiger partial charge in [-0.25, -0.2) is 0 Å². The molecule has 1 aliphatic heterocycles. The predicted molar refractivity (Wildman–Crippen MR) is 75.7 cm³/mol. The Balaban J connectivity index is 1.98. The van der Waals surface area contributed by atoms with Gasteiger partial charge in [0, 0.05) is 25.2 Å². The van der Waals surface area contributed by atoms with E-state index < -0.39 is 6.10 Å². The number of likely N-dealkylation sites (tertiary alicyclic amines) is 1. The van der Waals surface area contributed by atoms with Crippen molar-refractivity contribution in [1.29, 1.82) is 0 Å². The van der Waals surface area contributed by atoms with Crippen LogP contribution in [0.1, 0.15) is 13.3 Å². The van der Waals surface area contributed by atoms with Gasteiger partial charge >= 0.3 is 0 Å². The van der Waals surface area contributed by atoms with Crippen molar-refractivity contribution in [1.82, 2.24) is 4.90 Å². The molecular weight excluding hydrogens is 287 g/mol. The highest BCUT2D eigenvalue weighted by Crippen LogP contribution is 2.27. The molecule has 2 atom stereocenters. The summed E-state index contributed by atoms with van der Waals surface area (Å²) in [7, 11) is 0. The SMILES string of the molecule is CC(Oc1ccc(Cl)c(Cl)c1)C(=O)N1CC[C@@H](N)C1. The average molecular weight is 303 g/mol. The summed E-state index contributed by atoms with van der Waals surface area (Å²) < 4.78 is 5.58. The Morgan fingerprint density at radius 1 is 1.47 bits per heavy atom. The van der Waals surface area contributed by atoms with Gasteiger partial charge in [-0.3, -0.25) is 4.79 Å². The normalized spacial score (nSPS) is 20.4. The van der Waals surface area contributed by atoms with Crippen molar-refractivity contribution in [2.24, 2.45) is 5.73 Å². The van der Waals surface area contributed by atoms with E-state index in [0.29, 0.717) is 28.9 Å². The van der Waals surface area contributed by atoms with Crippen molar-refractivity contribution < 1.29 is 9.53 Å². The van der Waals surface area contributed by atoms with Crippen LogP contribution in [-0.2, 0) is 4.79 Å². The van der Waals surface area contributed by atoms with Crippen LogP contribution in [0, 0.1) is 0 Å². The zero-order valence-corrected chi connectivity index (χ0v) is 12.1. The van der Waals surface area contributed by atoms with Gasteiger partial charge in [0.15, 0.2) is 6.10 Å². The molecule has 1 fully saturated rings. The molecule has 0 spiro atoms. The van der Waals surface area contributed by atoms with Crippen LogP contribution in [0.2, 0.25) is 10.0 Å². The van der Waals surface area contributed by atoms with Crippen LogP contribution < -0.4 is 10.5 Å². The third-order valence-corrected chi connectivity index (χ3v) is 3.83. The Hall–Kier alpha value is -0.970. The zero-order valence-electron chi connectivity index (χ0n) is 10.6. The smallest absolute Gasteiger partial charge is 0.263 e. The van der Waals surface area contributed by atoms with E-state index in [1.165, 1.54) is 0 Å². The van der Waals surface area contributed by atoms with Crippen molar-refractivity contribution >= 4 is 29.1 Å². The molecule has 1 saturated heterocycles. The van der Waals surface area contributed by atoms with Gasteiger partial charge in [-0.05, 0) is 25.5 Å². The van der Waals surface area contributed by atoms with Gasteiger partial charge in [0.2, 0.25) is 0 Å². The fourth-order valence-electron chi connectivity index (χ4n) is 2.05. The van der Waals surface area contributed by atoms with Gasteiger partial charge in [0.1, 0.15) is 5.75 Å². The lowest BCUT2D eigenvalue weighted by Crippen LogP contribution is -2.40. The summed E-state index contributed by atoms with van der Waals surface area (Å²) in [4.78, 5) is 13.9. The Labute approximate surface area is 122 Å². The predicted octanol–water partition coefficient (Wildman–Crippen LogP) is 2.32. The van der Waals surface area contributed by atoms with Crippen LogP contribution in [0.15, 0.2) is 18.2 Å². The molecular formula is C13H16Cl2N2O2. The molecule has 0 aromatic heterocycles. The largest absolute Gasteiger partial charge is 0.481 e. The number of hydrogen-bond donors (Lipinski definition) is 1. The minimum atomic E-state index is -0.567. The maximum absolute atomic E-state index is 12.1. The highest BCUT2D eigenvalue weighted by Gasteiger charge is 2.28. The number of rotatable bonds is 3. The number of carbonyl (C=O) groups is 1. The third-order valence-electron chi connectivity index (χ3n) is 3.09. The maximum Gasteiger partial charge on any atom is 0.263 e. The van der Waals surface area contributed by atoms with Gasteiger partial charge < -0.3 is 15.4 Å². The number of halogens is 2. The molecule has 19 heavy (non-hydrogen) atoms. The third kappa shape index (κ3) is 3.53.